The molecule has 2 aromatic rings. The quantitative estimate of drug-likeness (QED) is 0.594. The van der Waals surface area contributed by atoms with Gasteiger partial charge in [-0.1, -0.05) is 30.7 Å². The van der Waals surface area contributed by atoms with Crippen LogP contribution in [0.2, 0.25) is 5.02 Å². The molecule has 1 saturated heterocycles. The largest absolute Gasteiger partial charge is 0.322 e. The molecule has 0 atom stereocenters. The first-order valence-electron chi connectivity index (χ1n) is 8.99. The second-order valence-corrected chi connectivity index (χ2v) is 7.44. The number of nitro benzene ring substituents is 1. The van der Waals surface area contributed by atoms with E-state index in [-0.39, 0.29) is 16.3 Å². The lowest BCUT2D eigenvalue weighted by Crippen LogP contribution is -2.32. The summed E-state index contributed by atoms with van der Waals surface area (Å²) in [6.45, 7) is 5.43. The molecule has 3 rings (SSSR count). The van der Waals surface area contributed by atoms with Crippen LogP contribution in [0.25, 0.3) is 0 Å². The van der Waals surface area contributed by atoms with E-state index in [4.69, 9.17) is 11.6 Å². The van der Waals surface area contributed by atoms with Crippen molar-refractivity contribution in [1.29, 1.82) is 0 Å². The number of amides is 1. The maximum absolute atomic E-state index is 12.4. The van der Waals surface area contributed by atoms with Crippen LogP contribution in [0.3, 0.4) is 0 Å². The molecule has 1 heterocycles. The molecule has 1 aliphatic heterocycles. The molecule has 0 unspecified atom stereocenters. The Morgan fingerprint density at radius 3 is 2.52 bits per heavy atom. The number of halogens is 1. The zero-order valence-electron chi connectivity index (χ0n) is 15.2. The first-order chi connectivity index (χ1) is 12.9. The zero-order chi connectivity index (χ0) is 19.4. The van der Waals surface area contributed by atoms with Crippen LogP contribution in [0, 0.1) is 16.0 Å². The van der Waals surface area contributed by atoms with Crippen molar-refractivity contribution in [2.75, 3.05) is 18.4 Å². The third kappa shape index (κ3) is 5.05. The molecule has 1 amide bonds. The van der Waals surface area contributed by atoms with E-state index in [1.807, 2.05) is 24.3 Å². The number of anilines is 1. The molecular weight excluding hydrogens is 366 g/mol. The van der Waals surface area contributed by atoms with Gasteiger partial charge in [-0.3, -0.25) is 19.8 Å². The van der Waals surface area contributed by atoms with E-state index in [2.05, 4.69) is 17.1 Å². The maximum atomic E-state index is 12.4. The van der Waals surface area contributed by atoms with E-state index in [0.29, 0.717) is 5.69 Å². The van der Waals surface area contributed by atoms with Crippen molar-refractivity contribution in [2.24, 2.45) is 5.92 Å². The standard InChI is InChI=1S/C20H22ClN3O3/c1-14-8-10-23(11-9-14)13-15-2-4-16(5-3-15)22-20(25)18-12-17(24(26)27)6-7-19(18)21/h2-7,12,14H,8-11,13H2,1H3,(H,22,25). The molecule has 1 aliphatic rings. The third-order valence-corrected chi connectivity index (χ3v) is 5.23. The van der Waals surface area contributed by atoms with Gasteiger partial charge in [0.2, 0.25) is 0 Å². The molecule has 142 valence electrons. The molecule has 7 heteroatoms. The average Bonchev–Trinajstić information content (AvgIpc) is 2.65. The fraction of sp³-hybridized carbons (Fsp3) is 0.350. The van der Waals surface area contributed by atoms with Gasteiger partial charge in [-0.2, -0.15) is 0 Å². The van der Waals surface area contributed by atoms with Gasteiger partial charge in [0.05, 0.1) is 15.5 Å². The van der Waals surface area contributed by atoms with E-state index >= 15 is 0 Å². The monoisotopic (exact) mass is 387 g/mol. The van der Waals surface area contributed by atoms with Gasteiger partial charge in [-0.05, 0) is 55.6 Å². The fourth-order valence-corrected chi connectivity index (χ4v) is 3.37. The Kier molecular flexibility index (Phi) is 6.08. The van der Waals surface area contributed by atoms with Crippen LogP contribution in [-0.2, 0) is 6.54 Å². The Labute approximate surface area is 163 Å². The normalized spacial score (nSPS) is 15.5. The van der Waals surface area contributed by atoms with Crippen LogP contribution in [0.4, 0.5) is 11.4 Å². The smallest absolute Gasteiger partial charge is 0.270 e. The Hall–Kier alpha value is -2.44. The van der Waals surface area contributed by atoms with Crippen molar-refractivity contribution in [3.63, 3.8) is 0 Å². The van der Waals surface area contributed by atoms with Crippen LogP contribution in [0.1, 0.15) is 35.7 Å². The number of benzene rings is 2. The second-order valence-electron chi connectivity index (χ2n) is 7.03. The highest BCUT2D eigenvalue weighted by atomic mass is 35.5. The van der Waals surface area contributed by atoms with E-state index in [0.717, 1.165) is 25.6 Å². The summed E-state index contributed by atoms with van der Waals surface area (Å²) in [7, 11) is 0. The van der Waals surface area contributed by atoms with Gasteiger partial charge < -0.3 is 5.32 Å². The topological polar surface area (TPSA) is 75.5 Å². The van der Waals surface area contributed by atoms with Crippen LogP contribution in [-0.4, -0.2) is 28.8 Å². The summed E-state index contributed by atoms with van der Waals surface area (Å²) in [5.74, 6) is 0.334. The number of likely N-dealkylation sites (tertiary alicyclic amines) is 1. The second kappa shape index (κ2) is 8.50. The van der Waals surface area contributed by atoms with E-state index in [9.17, 15) is 14.9 Å². The number of hydrogen-bond acceptors (Lipinski definition) is 4. The number of nitro groups is 1. The third-order valence-electron chi connectivity index (χ3n) is 4.90. The van der Waals surface area contributed by atoms with Crippen LogP contribution in [0.15, 0.2) is 42.5 Å². The van der Waals surface area contributed by atoms with Crippen LogP contribution < -0.4 is 5.32 Å². The molecule has 0 bridgehead atoms. The molecule has 0 aliphatic carbocycles. The summed E-state index contributed by atoms with van der Waals surface area (Å²) in [5.41, 5.74) is 1.72. The van der Waals surface area contributed by atoms with Crippen molar-refractivity contribution >= 4 is 28.9 Å². The molecule has 27 heavy (non-hydrogen) atoms. The number of carbonyl (C=O) groups is 1. The lowest BCUT2D eigenvalue weighted by molar-refractivity contribution is -0.384. The molecule has 0 radical (unpaired) electrons. The van der Waals surface area contributed by atoms with Crippen molar-refractivity contribution in [2.45, 2.75) is 26.3 Å². The number of rotatable bonds is 5. The first kappa shape index (κ1) is 19.3. The average molecular weight is 388 g/mol. The number of hydrogen-bond donors (Lipinski definition) is 1. The lowest BCUT2D eigenvalue weighted by Gasteiger charge is -2.30. The number of non-ortho nitro benzene ring substituents is 1. The number of piperidine rings is 1. The van der Waals surface area contributed by atoms with Crippen LogP contribution >= 0.6 is 11.6 Å². The molecule has 1 fully saturated rings. The molecule has 0 spiro atoms. The minimum atomic E-state index is -0.552. The van der Waals surface area contributed by atoms with Gasteiger partial charge in [0.25, 0.3) is 11.6 Å². The van der Waals surface area contributed by atoms with Crippen molar-refractivity contribution in [3.05, 3.63) is 68.7 Å². The molecule has 1 N–H and O–H groups in total. The van der Waals surface area contributed by atoms with Gasteiger partial charge >= 0.3 is 0 Å². The molecule has 0 saturated carbocycles. The van der Waals surface area contributed by atoms with E-state index in [1.165, 1.54) is 36.6 Å². The summed E-state index contributed by atoms with van der Waals surface area (Å²) in [6, 6.07) is 11.5. The number of carbonyl (C=O) groups excluding carboxylic acids is 1. The first-order valence-corrected chi connectivity index (χ1v) is 9.37. The van der Waals surface area contributed by atoms with Gasteiger partial charge in [-0.15, -0.1) is 0 Å². The number of nitrogens with zero attached hydrogens (tertiary/aromatic N) is 2. The Morgan fingerprint density at radius 2 is 1.89 bits per heavy atom. The Bertz CT molecular complexity index is 831. The highest BCUT2D eigenvalue weighted by Gasteiger charge is 2.17. The van der Waals surface area contributed by atoms with Gasteiger partial charge in [0, 0.05) is 24.4 Å². The summed E-state index contributed by atoms with van der Waals surface area (Å²) in [6.07, 6.45) is 2.47. The van der Waals surface area contributed by atoms with Crippen molar-refractivity contribution in [3.8, 4) is 0 Å². The SMILES string of the molecule is CC1CCN(Cc2ccc(NC(=O)c3cc([N+](=O)[O-])ccc3Cl)cc2)CC1. The van der Waals surface area contributed by atoms with E-state index < -0.39 is 10.8 Å². The highest BCUT2D eigenvalue weighted by Crippen LogP contribution is 2.24. The van der Waals surface area contributed by atoms with Gasteiger partial charge in [0.15, 0.2) is 0 Å². The molecule has 6 nitrogen and oxygen atoms in total. The minimum Gasteiger partial charge on any atom is -0.322 e. The number of nitrogens with one attached hydrogen (secondary N) is 1. The highest BCUT2D eigenvalue weighted by molar-refractivity contribution is 6.34. The minimum absolute atomic E-state index is 0.0809. The molecule has 0 aromatic heterocycles. The summed E-state index contributed by atoms with van der Waals surface area (Å²) in [5, 5.41) is 13.8. The van der Waals surface area contributed by atoms with E-state index in [1.54, 1.807) is 0 Å². The molecular formula is C20H22ClN3O3. The Morgan fingerprint density at radius 1 is 1.22 bits per heavy atom. The van der Waals surface area contributed by atoms with Gasteiger partial charge in [-0.25, -0.2) is 0 Å². The summed E-state index contributed by atoms with van der Waals surface area (Å²) >= 11 is 6.02. The fourth-order valence-electron chi connectivity index (χ4n) is 3.17. The lowest BCUT2D eigenvalue weighted by atomic mass is 9.99. The van der Waals surface area contributed by atoms with Crippen LogP contribution in [0.5, 0.6) is 0 Å². The maximum Gasteiger partial charge on any atom is 0.270 e. The summed E-state index contributed by atoms with van der Waals surface area (Å²) in [4.78, 5) is 25.2. The van der Waals surface area contributed by atoms with Crippen molar-refractivity contribution < 1.29 is 9.72 Å². The van der Waals surface area contributed by atoms with Crippen molar-refractivity contribution in [1.82, 2.24) is 4.90 Å². The molecule has 2 aromatic carbocycles. The Balaban J connectivity index is 1.63. The zero-order valence-corrected chi connectivity index (χ0v) is 15.9. The predicted octanol–water partition coefficient (Wildman–Crippen LogP) is 4.73. The summed E-state index contributed by atoms with van der Waals surface area (Å²) < 4.78 is 0. The van der Waals surface area contributed by atoms with Gasteiger partial charge in [0.1, 0.15) is 0 Å². The predicted molar refractivity (Wildman–Crippen MR) is 106 cm³/mol.